The van der Waals surface area contributed by atoms with Gasteiger partial charge in [0.05, 0.1) is 0 Å². The van der Waals surface area contributed by atoms with Crippen LogP contribution in [0.25, 0.3) is 0 Å². The summed E-state index contributed by atoms with van der Waals surface area (Å²) in [5.41, 5.74) is 0. The van der Waals surface area contributed by atoms with Crippen LogP contribution in [0.4, 0.5) is 0 Å². The monoisotopic (exact) mass is 236 g/mol. The summed E-state index contributed by atoms with van der Waals surface area (Å²) in [6.45, 7) is 1.21. The zero-order chi connectivity index (χ0) is 12.7. The van der Waals surface area contributed by atoms with E-state index in [9.17, 15) is 9.59 Å². The zero-order valence-electron chi connectivity index (χ0n) is 9.25. The maximum absolute atomic E-state index is 11.2. The second kappa shape index (κ2) is 6.32. The van der Waals surface area contributed by atoms with Crippen molar-refractivity contribution in [2.75, 3.05) is 6.61 Å². The van der Waals surface area contributed by atoms with Gasteiger partial charge in [-0.15, -0.1) is 0 Å². The number of aromatic hydroxyl groups is 1. The Hall–Kier alpha value is -2.30. The van der Waals surface area contributed by atoms with Gasteiger partial charge in [-0.05, 0) is 31.2 Å². The van der Waals surface area contributed by atoms with Crippen molar-refractivity contribution in [1.82, 2.24) is 0 Å². The highest BCUT2D eigenvalue weighted by molar-refractivity contribution is 5.84. The van der Waals surface area contributed by atoms with Crippen LogP contribution in [0, 0.1) is 0 Å². The van der Waals surface area contributed by atoms with Crippen molar-refractivity contribution in [2.45, 2.75) is 6.92 Å². The molecule has 0 spiro atoms. The summed E-state index contributed by atoms with van der Waals surface area (Å²) in [7, 11) is 0. The van der Waals surface area contributed by atoms with Crippen LogP contribution in [-0.2, 0) is 14.3 Å². The molecule has 1 aromatic rings. The molecule has 17 heavy (non-hydrogen) atoms. The minimum absolute atomic E-state index is 0.0734. The molecule has 0 amide bonds. The van der Waals surface area contributed by atoms with Crippen LogP contribution >= 0.6 is 0 Å². The standard InChI is InChI=1S/C12H12O5/c1-2-3-11(14)16-8-12(15)17-10-6-4-9(13)5-7-10/h2-7,13H,8H2,1H3. The first kappa shape index (κ1) is 12.8. The largest absolute Gasteiger partial charge is 0.508 e. The van der Waals surface area contributed by atoms with E-state index in [1.54, 1.807) is 6.92 Å². The third kappa shape index (κ3) is 4.83. The quantitative estimate of drug-likeness (QED) is 0.486. The normalized spacial score (nSPS) is 10.2. The van der Waals surface area contributed by atoms with Gasteiger partial charge in [0.15, 0.2) is 6.61 Å². The number of allylic oxidation sites excluding steroid dienone is 1. The van der Waals surface area contributed by atoms with E-state index in [1.165, 1.54) is 36.4 Å². The van der Waals surface area contributed by atoms with Crippen molar-refractivity contribution in [3.05, 3.63) is 36.4 Å². The van der Waals surface area contributed by atoms with E-state index >= 15 is 0 Å². The van der Waals surface area contributed by atoms with Gasteiger partial charge in [-0.3, -0.25) is 0 Å². The number of hydrogen-bond acceptors (Lipinski definition) is 5. The fourth-order valence-electron chi connectivity index (χ4n) is 0.989. The van der Waals surface area contributed by atoms with Gasteiger partial charge in [-0.2, -0.15) is 0 Å². The summed E-state index contributed by atoms with van der Waals surface area (Å²) >= 11 is 0. The van der Waals surface area contributed by atoms with Crippen LogP contribution in [0.3, 0.4) is 0 Å². The number of benzene rings is 1. The number of carbonyl (C=O) groups excluding carboxylic acids is 2. The third-order valence-corrected chi connectivity index (χ3v) is 1.70. The summed E-state index contributed by atoms with van der Waals surface area (Å²) in [6.07, 6.45) is 2.71. The Bertz CT molecular complexity index is 419. The number of phenolic OH excluding ortho intramolecular Hbond substituents is 1. The van der Waals surface area contributed by atoms with Crippen LogP contribution in [0.2, 0.25) is 0 Å². The molecule has 90 valence electrons. The van der Waals surface area contributed by atoms with Crippen LogP contribution in [-0.4, -0.2) is 23.7 Å². The van der Waals surface area contributed by atoms with Gasteiger partial charge in [0.1, 0.15) is 11.5 Å². The molecule has 1 N–H and O–H groups in total. The molecular weight excluding hydrogens is 224 g/mol. The summed E-state index contributed by atoms with van der Waals surface area (Å²) < 4.78 is 9.44. The fourth-order valence-corrected chi connectivity index (χ4v) is 0.989. The number of esters is 2. The molecule has 5 nitrogen and oxygen atoms in total. The molecule has 0 aliphatic carbocycles. The van der Waals surface area contributed by atoms with Crippen molar-refractivity contribution < 1.29 is 24.2 Å². The first-order valence-electron chi connectivity index (χ1n) is 4.91. The third-order valence-electron chi connectivity index (χ3n) is 1.70. The van der Waals surface area contributed by atoms with Crippen molar-refractivity contribution in [2.24, 2.45) is 0 Å². The Morgan fingerprint density at radius 2 is 1.94 bits per heavy atom. The van der Waals surface area contributed by atoms with Crippen molar-refractivity contribution in [3.63, 3.8) is 0 Å². The van der Waals surface area contributed by atoms with E-state index in [2.05, 4.69) is 4.74 Å². The molecule has 0 unspecified atom stereocenters. The lowest BCUT2D eigenvalue weighted by Crippen LogP contribution is -2.17. The Balaban J connectivity index is 2.39. The van der Waals surface area contributed by atoms with E-state index in [-0.39, 0.29) is 11.5 Å². The molecule has 0 atom stereocenters. The molecule has 0 aromatic heterocycles. The van der Waals surface area contributed by atoms with Crippen molar-refractivity contribution in [3.8, 4) is 11.5 Å². The maximum Gasteiger partial charge on any atom is 0.349 e. The molecule has 0 bridgehead atoms. The molecule has 0 aliphatic rings. The lowest BCUT2D eigenvalue weighted by atomic mass is 10.3. The molecule has 0 aliphatic heterocycles. The smallest absolute Gasteiger partial charge is 0.349 e. The highest BCUT2D eigenvalue weighted by Crippen LogP contribution is 2.15. The van der Waals surface area contributed by atoms with Crippen LogP contribution in [0.5, 0.6) is 11.5 Å². The van der Waals surface area contributed by atoms with E-state index in [0.29, 0.717) is 0 Å². The van der Waals surface area contributed by atoms with E-state index in [0.717, 1.165) is 0 Å². The summed E-state index contributed by atoms with van der Waals surface area (Å²) in [5.74, 6) is -0.942. The number of ether oxygens (including phenoxy) is 2. The van der Waals surface area contributed by atoms with Crippen LogP contribution in [0.15, 0.2) is 36.4 Å². The average Bonchev–Trinajstić information content (AvgIpc) is 2.30. The molecule has 5 heteroatoms. The van der Waals surface area contributed by atoms with Gasteiger partial charge in [-0.1, -0.05) is 6.08 Å². The molecule has 0 saturated heterocycles. The first-order valence-corrected chi connectivity index (χ1v) is 4.91. The average molecular weight is 236 g/mol. The van der Waals surface area contributed by atoms with Crippen molar-refractivity contribution in [1.29, 1.82) is 0 Å². The fraction of sp³-hybridized carbons (Fsp3) is 0.167. The summed E-state index contributed by atoms with van der Waals surface area (Å²) in [4.78, 5) is 22.1. The van der Waals surface area contributed by atoms with Gasteiger partial charge >= 0.3 is 11.9 Å². The number of hydrogen-bond donors (Lipinski definition) is 1. The lowest BCUT2D eigenvalue weighted by molar-refractivity contribution is -0.150. The van der Waals surface area contributed by atoms with Crippen LogP contribution in [0.1, 0.15) is 6.92 Å². The van der Waals surface area contributed by atoms with Gasteiger partial charge in [-0.25, -0.2) is 9.59 Å². The second-order valence-electron chi connectivity index (χ2n) is 3.08. The predicted octanol–water partition coefficient (Wildman–Crippen LogP) is 1.42. The Morgan fingerprint density at radius 1 is 1.29 bits per heavy atom. The topological polar surface area (TPSA) is 72.8 Å². The summed E-state index contributed by atoms with van der Waals surface area (Å²) in [6, 6.07) is 5.63. The maximum atomic E-state index is 11.2. The minimum Gasteiger partial charge on any atom is -0.508 e. The van der Waals surface area contributed by atoms with Gasteiger partial charge in [0.2, 0.25) is 0 Å². The highest BCUT2D eigenvalue weighted by Gasteiger charge is 2.07. The number of rotatable bonds is 4. The molecule has 0 saturated carbocycles. The first-order chi connectivity index (χ1) is 8.11. The van der Waals surface area contributed by atoms with Crippen LogP contribution < -0.4 is 4.74 Å². The number of carbonyl (C=O) groups is 2. The Labute approximate surface area is 98.3 Å². The van der Waals surface area contributed by atoms with Gasteiger partial charge < -0.3 is 14.6 Å². The van der Waals surface area contributed by atoms with E-state index < -0.39 is 18.5 Å². The Morgan fingerprint density at radius 3 is 2.53 bits per heavy atom. The summed E-state index contributed by atoms with van der Waals surface area (Å²) in [5, 5.41) is 9.01. The predicted molar refractivity (Wildman–Crippen MR) is 59.5 cm³/mol. The molecule has 0 fully saturated rings. The number of phenols is 1. The highest BCUT2D eigenvalue weighted by atomic mass is 16.6. The van der Waals surface area contributed by atoms with Crippen molar-refractivity contribution >= 4 is 11.9 Å². The molecule has 1 aromatic carbocycles. The molecule has 1 rings (SSSR count). The SMILES string of the molecule is CC=CC(=O)OCC(=O)Oc1ccc(O)cc1. The van der Waals surface area contributed by atoms with E-state index in [1.807, 2.05) is 0 Å². The molecule has 0 heterocycles. The van der Waals surface area contributed by atoms with Gasteiger partial charge in [0.25, 0.3) is 0 Å². The van der Waals surface area contributed by atoms with E-state index in [4.69, 9.17) is 9.84 Å². The Kier molecular flexibility index (Phi) is 4.75. The molecule has 0 radical (unpaired) electrons. The van der Waals surface area contributed by atoms with Gasteiger partial charge in [0, 0.05) is 6.08 Å². The minimum atomic E-state index is -0.687. The lowest BCUT2D eigenvalue weighted by Gasteiger charge is -2.04. The second-order valence-corrected chi connectivity index (χ2v) is 3.08. The molecular formula is C12H12O5. The zero-order valence-corrected chi connectivity index (χ0v) is 9.25.